The number of fused-ring (bicyclic) bond motifs is 1. The van der Waals surface area contributed by atoms with Crippen molar-refractivity contribution < 1.29 is 13.2 Å². The molecule has 0 saturated carbocycles. The maximum atomic E-state index is 13.8. The van der Waals surface area contributed by atoms with Crippen LogP contribution in [0.15, 0.2) is 30.5 Å². The van der Waals surface area contributed by atoms with Gasteiger partial charge in [-0.25, -0.2) is 9.97 Å². The number of H-pyrrole nitrogens is 1. The van der Waals surface area contributed by atoms with Crippen molar-refractivity contribution in [2.45, 2.75) is 45.8 Å². The van der Waals surface area contributed by atoms with Gasteiger partial charge in [-0.15, -0.1) is 0 Å². The second-order valence-electron chi connectivity index (χ2n) is 9.11. The Kier molecular flexibility index (Phi) is 5.41. The van der Waals surface area contributed by atoms with Crippen LogP contribution in [-0.2, 0) is 6.18 Å². The zero-order valence-electron chi connectivity index (χ0n) is 17.9. The van der Waals surface area contributed by atoms with Gasteiger partial charge in [-0.3, -0.25) is 5.10 Å². The molecule has 1 saturated heterocycles. The van der Waals surface area contributed by atoms with Gasteiger partial charge in [0, 0.05) is 36.1 Å². The first-order valence-corrected chi connectivity index (χ1v) is 10.5. The molecule has 0 aromatic carbocycles. The minimum absolute atomic E-state index is 0.0442. The molecule has 4 heterocycles. The normalized spacial score (nSPS) is 22.5. The van der Waals surface area contributed by atoms with Crippen LogP contribution in [0.1, 0.15) is 39.2 Å². The molecular weight excluding hydrogens is 405 g/mol. The quantitative estimate of drug-likeness (QED) is 0.628. The first-order chi connectivity index (χ1) is 14.6. The molecule has 3 N–H and O–H groups in total. The molecular formula is C22H27F3N6. The molecule has 2 unspecified atom stereocenters. The van der Waals surface area contributed by atoms with Crippen molar-refractivity contribution in [2.75, 3.05) is 18.0 Å². The Morgan fingerprint density at radius 3 is 2.77 bits per heavy atom. The molecule has 1 aliphatic rings. The van der Waals surface area contributed by atoms with Gasteiger partial charge in [0.15, 0.2) is 5.65 Å². The largest absolute Gasteiger partial charge is 0.418 e. The van der Waals surface area contributed by atoms with E-state index in [1.807, 2.05) is 4.90 Å². The number of alkyl halides is 3. The lowest BCUT2D eigenvalue weighted by atomic mass is 9.72. The highest BCUT2D eigenvalue weighted by atomic mass is 19.4. The highest BCUT2D eigenvalue weighted by Gasteiger charge is 2.40. The molecule has 31 heavy (non-hydrogen) atoms. The molecule has 6 nitrogen and oxygen atoms in total. The number of rotatable bonds is 4. The Morgan fingerprint density at radius 1 is 1.29 bits per heavy atom. The molecule has 3 aromatic heterocycles. The van der Waals surface area contributed by atoms with Gasteiger partial charge < -0.3 is 10.6 Å². The van der Waals surface area contributed by atoms with Crippen molar-refractivity contribution in [2.24, 2.45) is 17.1 Å². The van der Waals surface area contributed by atoms with Crippen LogP contribution in [0.25, 0.3) is 22.4 Å². The van der Waals surface area contributed by atoms with Crippen LogP contribution in [0.4, 0.5) is 19.0 Å². The molecule has 0 amide bonds. The van der Waals surface area contributed by atoms with Crippen LogP contribution in [0, 0.1) is 11.3 Å². The molecule has 1 fully saturated rings. The van der Waals surface area contributed by atoms with E-state index < -0.39 is 11.7 Å². The zero-order valence-corrected chi connectivity index (χ0v) is 17.9. The maximum absolute atomic E-state index is 13.8. The van der Waals surface area contributed by atoms with Crippen molar-refractivity contribution >= 4 is 16.9 Å². The number of hydrogen-bond acceptors (Lipinski definition) is 5. The first kappa shape index (κ1) is 21.5. The fraction of sp³-hybridized carbons (Fsp3) is 0.500. The average Bonchev–Trinajstić information content (AvgIpc) is 3.12. The summed E-state index contributed by atoms with van der Waals surface area (Å²) in [7, 11) is 0. The molecule has 0 bridgehead atoms. The Bertz CT molecular complexity index is 1080. The first-order valence-electron chi connectivity index (χ1n) is 10.5. The second kappa shape index (κ2) is 7.78. The fourth-order valence-electron chi connectivity index (χ4n) is 4.69. The predicted octanol–water partition coefficient (Wildman–Crippen LogP) is 4.63. The summed E-state index contributed by atoms with van der Waals surface area (Å²) >= 11 is 0. The average molecular weight is 432 g/mol. The van der Waals surface area contributed by atoms with E-state index in [0.29, 0.717) is 35.9 Å². The standard InChI is InChI=1S/C22H27F3N6/c1-13(2)11-21(3)12-31(10-8-16(21)26)17-7-6-15(22(23,24)25)19(28-17)18-14-5-4-9-27-20(14)30-29-18/h4-7,9,13,16H,8,10-12,26H2,1-3H3,(H,27,29,30). The third-order valence-corrected chi connectivity index (χ3v) is 6.11. The molecule has 0 spiro atoms. The van der Waals surface area contributed by atoms with Crippen LogP contribution in [0.3, 0.4) is 0 Å². The SMILES string of the molecule is CC(C)CC1(C)CN(c2ccc(C(F)(F)F)c(-c3[nH]nc4ncccc34)n2)CCC1N. The van der Waals surface area contributed by atoms with Gasteiger partial charge >= 0.3 is 6.18 Å². The van der Waals surface area contributed by atoms with Crippen molar-refractivity contribution in [3.05, 3.63) is 36.0 Å². The second-order valence-corrected chi connectivity index (χ2v) is 9.11. The Labute approximate surface area is 179 Å². The van der Waals surface area contributed by atoms with Crippen LogP contribution in [0.2, 0.25) is 0 Å². The highest BCUT2D eigenvalue weighted by Crippen LogP contribution is 2.40. The van der Waals surface area contributed by atoms with E-state index >= 15 is 0 Å². The number of anilines is 1. The van der Waals surface area contributed by atoms with Crippen molar-refractivity contribution in [1.82, 2.24) is 20.2 Å². The summed E-state index contributed by atoms with van der Waals surface area (Å²) in [5.74, 6) is 0.979. The fourth-order valence-corrected chi connectivity index (χ4v) is 4.69. The highest BCUT2D eigenvalue weighted by molar-refractivity contribution is 5.90. The number of aromatic amines is 1. The monoisotopic (exact) mass is 432 g/mol. The minimum Gasteiger partial charge on any atom is -0.356 e. The number of nitrogens with zero attached hydrogens (tertiary/aromatic N) is 4. The van der Waals surface area contributed by atoms with Gasteiger partial charge in [-0.05, 0) is 43.0 Å². The van der Waals surface area contributed by atoms with Gasteiger partial charge in [0.2, 0.25) is 0 Å². The molecule has 9 heteroatoms. The Morgan fingerprint density at radius 2 is 2.06 bits per heavy atom. The van der Waals surface area contributed by atoms with Gasteiger partial charge in [-0.2, -0.15) is 18.3 Å². The zero-order chi connectivity index (χ0) is 22.4. The van der Waals surface area contributed by atoms with E-state index in [2.05, 4.69) is 40.9 Å². The summed E-state index contributed by atoms with van der Waals surface area (Å²) in [6.45, 7) is 7.77. The topological polar surface area (TPSA) is 83.7 Å². The Balaban J connectivity index is 1.78. The summed E-state index contributed by atoms with van der Waals surface area (Å²) in [5.41, 5.74) is 5.90. The smallest absolute Gasteiger partial charge is 0.356 e. The van der Waals surface area contributed by atoms with Gasteiger partial charge in [0.05, 0.1) is 11.3 Å². The number of halogens is 3. The lowest BCUT2D eigenvalue weighted by Gasteiger charge is -2.46. The summed E-state index contributed by atoms with van der Waals surface area (Å²) in [4.78, 5) is 10.6. The molecule has 2 atom stereocenters. The van der Waals surface area contributed by atoms with Gasteiger partial charge in [-0.1, -0.05) is 20.8 Å². The van der Waals surface area contributed by atoms with Gasteiger partial charge in [0.25, 0.3) is 0 Å². The van der Waals surface area contributed by atoms with E-state index in [1.165, 1.54) is 6.07 Å². The minimum atomic E-state index is -4.54. The lowest BCUT2D eigenvalue weighted by molar-refractivity contribution is -0.137. The van der Waals surface area contributed by atoms with E-state index in [0.717, 1.165) is 18.9 Å². The molecule has 0 aliphatic carbocycles. The van der Waals surface area contributed by atoms with Crippen molar-refractivity contribution in [3.63, 3.8) is 0 Å². The van der Waals surface area contributed by atoms with E-state index in [-0.39, 0.29) is 22.8 Å². The number of pyridine rings is 2. The number of nitrogens with two attached hydrogens (primary N) is 1. The number of aromatic nitrogens is 4. The third kappa shape index (κ3) is 4.11. The summed E-state index contributed by atoms with van der Waals surface area (Å²) in [5, 5.41) is 7.26. The molecule has 3 aromatic rings. The number of nitrogens with one attached hydrogen (secondary N) is 1. The van der Waals surface area contributed by atoms with Crippen molar-refractivity contribution in [3.8, 4) is 11.4 Å². The summed E-state index contributed by atoms with van der Waals surface area (Å²) < 4.78 is 41.4. The van der Waals surface area contributed by atoms with Crippen molar-refractivity contribution in [1.29, 1.82) is 0 Å². The lowest BCUT2D eigenvalue weighted by Crippen LogP contribution is -2.54. The number of hydrogen-bond donors (Lipinski definition) is 2. The van der Waals surface area contributed by atoms with E-state index in [1.54, 1.807) is 18.3 Å². The van der Waals surface area contributed by atoms with E-state index in [9.17, 15) is 13.2 Å². The molecule has 4 rings (SSSR count). The maximum Gasteiger partial charge on any atom is 0.418 e. The van der Waals surface area contributed by atoms with Gasteiger partial charge in [0.1, 0.15) is 11.5 Å². The predicted molar refractivity (Wildman–Crippen MR) is 114 cm³/mol. The Hall–Kier alpha value is -2.68. The molecule has 1 aliphatic heterocycles. The van der Waals surface area contributed by atoms with Crippen LogP contribution in [0.5, 0.6) is 0 Å². The summed E-state index contributed by atoms with van der Waals surface area (Å²) in [6.07, 6.45) is -1.29. The third-order valence-electron chi connectivity index (χ3n) is 6.11. The van der Waals surface area contributed by atoms with Crippen LogP contribution >= 0.6 is 0 Å². The molecule has 166 valence electrons. The summed E-state index contributed by atoms with van der Waals surface area (Å²) in [6, 6.07) is 5.96. The van der Waals surface area contributed by atoms with Crippen LogP contribution in [-0.4, -0.2) is 39.3 Å². The van der Waals surface area contributed by atoms with E-state index in [4.69, 9.17) is 5.73 Å². The van der Waals surface area contributed by atoms with Crippen LogP contribution < -0.4 is 10.6 Å². The molecule has 0 radical (unpaired) electrons. The number of piperidine rings is 1.